The molecule has 1 fully saturated rings. The second-order valence-electron chi connectivity index (χ2n) is 5.85. The van der Waals surface area contributed by atoms with Gasteiger partial charge in [0, 0.05) is 30.6 Å². The molecule has 3 nitrogen and oxygen atoms in total. The van der Waals surface area contributed by atoms with Gasteiger partial charge in [-0.3, -0.25) is 4.90 Å². The average molecular weight is 296 g/mol. The van der Waals surface area contributed by atoms with E-state index in [9.17, 15) is 5.11 Å². The van der Waals surface area contributed by atoms with Crippen LogP contribution in [-0.4, -0.2) is 41.8 Å². The first-order valence-electron chi connectivity index (χ1n) is 7.56. The summed E-state index contributed by atoms with van der Waals surface area (Å²) in [6, 6.07) is 6.39. The molecule has 4 heteroatoms. The van der Waals surface area contributed by atoms with Gasteiger partial charge >= 0.3 is 0 Å². The fourth-order valence-corrected chi connectivity index (χ4v) is 3.62. The predicted molar refractivity (Wildman–Crippen MR) is 80.5 cm³/mol. The Morgan fingerprint density at radius 1 is 1.35 bits per heavy atom. The lowest BCUT2D eigenvalue weighted by atomic mass is 9.98. The van der Waals surface area contributed by atoms with Crippen LogP contribution in [0.2, 0.25) is 5.02 Å². The molecule has 2 heterocycles. The summed E-state index contributed by atoms with van der Waals surface area (Å²) in [7, 11) is 0. The van der Waals surface area contributed by atoms with Crippen LogP contribution >= 0.6 is 11.6 Å². The molecule has 1 aromatic carbocycles. The maximum absolute atomic E-state index is 9.20. The van der Waals surface area contributed by atoms with Gasteiger partial charge in [-0.2, -0.15) is 0 Å². The maximum Gasteiger partial charge on any atom is 0.123 e. The van der Waals surface area contributed by atoms with Crippen molar-refractivity contribution in [3.63, 3.8) is 0 Å². The van der Waals surface area contributed by atoms with Gasteiger partial charge in [0.25, 0.3) is 0 Å². The Hall–Kier alpha value is -0.770. The van der Waals surface area contributed by atoms with Gasteiger partial charge in [-0.1, -0.05) is 18.0 Å². The Bertz CT molecular complexity index is 464. The third-order valence-corrected chi connectivity index (χ3v) is 4.65. The van der Waals surface area contributed by atoms with E-state index >= 15 is 0 Å². The Morgan fingerprint density at radius 3 is 3.10 bits per heavy atom. The van der Waals surface area contributed by atoms with Gasteiger partial charge < -0.3 is 9.84 Å². The summed E-state index contributed by atoms with van der Waals surface area (Å²) in [5.74, 6) is 0.982. The third kappa shape index (κ3) is 3.11. The Kier molecular flexibility index (Phi) is 4.49. The molecule has 20 heavy (non-hydrogen) atoms. The molecule has 2 atom stereocenters. The third-order valence-electron chi connectivity index (χ3n) is 4.41. The van der Waals surface area contributed by atoms with Crippen LogP contribution in [0.5, 0.6) is 5.75 Å². The van der Waals surface area contributed by atoms with E-state index in [0.717, 1.165) is 36.7 Å². The summed E-state index contributed by atoms with van der Waals surface area (Å²) in [6.07, 6.45) is 5.79. The molecule has 0 aromatic heterocycles. The van der Waals surface area contributed by atoms with Gasteiger partial charge in [0.05, 0.1) is 0 Å². The van der Waals surface area contributed by atoms with E-state index in [1.165, 1.54) is 24.8 Å². The standard InChI is InChI=1S/C16H22ClNO2/c17-13-4-5-16-12(9-13)10-15(20-16)11-18-7-2-1-3-14(18)6-8-19/h4-5,9,14-15,19H,1-3,6-8,10-11H2. The molecule has 0 aliphatic carbocycles. The van der Waals surface area contributed by atoms with E-state index in [0.29, 0.717) is 6.04 Å². The Balaban J connectivity index is 1.61. The summed E-state index contributed by atoms with van der Waals surface area (Å²) in [6.45, 7) is 2.36. The highest BCUT2D eigenvalue weighted by Gasteiger charge is 2.29. The van der Waals surface area contributed by atoms with Crippen molar-refractivity contribution < 1.29 is 9.84 Å². The van der Waals surface area contributed by atoms with Crippen LogP contribution in [0.3, 0.4) is 0 Å². The molecule has 3 rings (SSSR count). The van der Waals surface area contributed by atoms with Gasteiger partial charge in [0.2, 0.25) is 0 Å². The second kappa shape index (κ2) is 6.33. The number of fused-ring (bicyclic) bond motifs is 1. The van der Waals surface area contributed by atoms with E-state index in [2.05, 4.69) is 4.90 Å². The number of ether oxygens (including phenoxy) is 1. The SMILES string of the molecule is OCCC1CCCCN1CC1Cc2cc(Cl)ccc2O1. The summed E-state index contributed by atoms with van der Waals surface area (Å²) in [4.78, 5) is 2.50. The van der Waals surface area contributed by atoms with Crippen LogP contribution in [0.4, 0.5) is 0 Å². The lowest BCUT2D eigenvalue weighted by Gasteiger charge is -2.36. The minimum absolute atomic E-state index is 0.225. The largest absolute Gasteiger partial charge is 0.488 e. The summed E-state index contributed by atoms with van der Waals surface area (Å²) >= 11 is 6.03. The van der Waals surface area contributed by atoms with E-state index in [1.807, 2.05) is 18.2 Å². The number of rotatable bonds is 4. The number of hydrogen-bond acceptors (Lipinski definition) is 3. The van der Waals surface area contributed by atoms with Crippen molar-refractivity contribution in [2.75, 3.05) is 19.7 Å². The fraction of sp³-hybridized carbons (Fsp3) is 0.625. The Morgan fingerprint density at radius 2 is 2.25 bits per heavy atom. The van der Waals surface area contributed by atoms with Crippen LogP contribution in [0.15, 0.2) is 18.2 Å². The van der Waals surface area contributed by atoms with Crippen molar-refractivity contribution in [1.82, 2.24) is 4.90 Å². The molecule has 1 aromatic rings. The zero-order chi connectivity index (χ0) is 13.9. The Labute approximate surface area is 125 Å². The summed E-state index contributed by atoms with van der Waals surface area (Å²) in [5.41, 5.74) is 1.22. The molecular formula is C16H22ClNO2. The molecule has 2 aliphatic rings. The van der Waals surface area contributed by atoms with Gasteiger partial charge in [-0.05, 0) is 49.6 Å². The summed E-state index contributed by atoms with van der Waals surface area (Å²) < 4.78 is 6.03. The van der Waals surface area contributed by atoms with Crippen molar-refractivity contribution in [2.45, 2.75) is 44.2 Å². The predicted octanol–water partition coefficient (Wildman–Crippen LogP) is 2.88. The highest BCUT2D eigenvalue weighted by molar-refractivity contribution is 6.30. The van der Waals surface area contributed by atoms with Gasteiger partial charge in [-0.15, -0.1) is 0 Å². The minimum Gasteiger partial charge on any atom is -0.488 e. The lowest BCUT2D eigenvalue weighted by Crippen LogP contribution is -2.45. The number of halogens is 1. The van der Waals surface area contributed by atoms with Crippen molar-refractivity contribution in [1.29, 1.82) is 0 Å². The number of likely N-dealkylation sites (tertiary alicyclic amines) is 1. The first-order chi connectivity index (χ1) is 9.76. The second-order valence-corrected chi connectivity index (χ2v) is 6.29. The van der Waals surface area contributed by atoms with E-state index in [4.69, 9.17) is 16.3 Å². The average Bonchev–Trinajstić information content (AvgIpc) is 2.82. The van der Waals surface area contributed by atoms with Crippen LogP contribution in [0.25, 0.3) is 0 Å². The van der Waals surface area contributed by atoms with Crippen LogP contribution < -0.4 is 4.74 Å². The minimum atomic E-state index is 0.225. The molecule has 0 saturated carbocycles. The van der Waals surface area contributed by atoms with E-state index < -0.39 is 0 Å². The molecule has 110 valence electrons. The molecule has 0 spiro atoms. The van der Waals surface area contributed by atoms with Crippen molar-refractivity contribution in [3.8, 4) is 5.75 Å². The number of hydrogen-bond donors (Lipinski definition) is 1. The smallest absolute Gasteiger partial charge is 0.123 e. The van der Waals surface area contributed by atoms with Gasteiger partial charge in [-0.25, -0.2) is 0 Å². The van der Waals surface area contributed by atoms with Crippen molar-refractivity contribution in [3.05, 3.63) is 28.8 Å². The fourth-order valence-electron chi connectivity index (χ4n) is 3.43. The maximum atomic E-state index is 9.20. The number of benzene rings is 1. The zero-order valence-corrected chi connectivity index (χ0v) is 12.5. The topological polar surface area (TPSA) is 32.7 Å². The molecular weight excluding hydrogens is 274 g/mol. The first kappa shape index (κ1) is 14.2. The number of aliphatic hydroxyl groups excluding tert-OH is 1. The normalized spacial score (nSPS) is 26.3. The highest BCUT2D eigenvalue weighted by atomic mass is 35.5. The molecule has 0 bridgehead atoms. The molecule has 0 amide bonds. The monoisotopic (exact) mass is 295 g/mol. The molecule has 1 N–H and O–H groups in total. The molecule has 2 aliphatic heterocycles. The van der Waals surface area contributed by atoms with Crippen LogP contribution in [0.1, 0.15) is 31.2 Å². The lowest BCUT2D eigenvalue weighted by molar-refractivity contribution is 0.0757. The van der Waals surface area contributed by atoms with Crippen molar-refractivity contribution in [2.24, 2.45) is 0 Å². The number of piperidine rings is 1. The van der Waals surface area contributed by atoms with Crippen LogP contribution in [-0.2, 0) is 6.42 Å². The quantitative estimate of drug-likeness (QED) is 0.927. The number of nitrogens with zero attached hydrogens (tertiary/aromatic N) is 1. The van der Waals surface area contributed by atoms with Crippen molar-refractivity contribution >= 4 is 11.6 Å². The highest BCUT2D eigenvalue weighted by Crippen LogP contribution is 2.32. The zero-order valence-electron chi connectivity index (χ0n) is 11.7. The van der Waals surface area contributed by atoms with E-state index in [1.54, 1.807) is 0 Å². The summed E-state index contributed by atoms with van der Waals surface area (Å²) in [5, 5.41) is 9.98. The van der Waals surface area contributed by atoms with Crippen LogP contribution in [0, 0.1) is 0 Å². The number of aliphatic hydroxyl groups is 1. The molecule has 1 saturated heterocycles. The molecule has 2 unspecified atom stereocenters. The molecule has 0 radical (unpaired) electrons. The van der Waals surface area contributed by atoms with Gasteiger partial charge in [0.15, 0.2) is 0 Å². The first-order valence-corrected chi connectivity index (χ1v) is 7.94. The van der Waals surface area contributed by atoms with Gasteiger partial charge in [0.1, 0.15) is 11.9 Å². The van der Waals surface area contributed by atoms with E-state index in [-0.39, 0.29) is 12.7 Å².